The Balaban J connectivity index is 1.50. The first kappa shape index (κ1) is 17.9. The number of rotatable bonds is 2. The van der Waals surface area contributed by atoms with Gasteiger partial charge in [0, 0.05) is 12.0 Å². The molecule has 1 unspecified atom stereocenters. The van der Waals surface area contributed by atoms with Crippen LogP contribution in [0.5, 0.6) is 0 Å². The molecule has 0 spiro atoms. The van der Waals surface area contributed by atoms with E-state index in [1.54, 1.807) is 16.2 Å². The lowest BCUT2D eigenvalue weighted by atomic mass is 9.93. The van der Waals surface area contributed by atoms with Crippen molar-refractivity contribution in [1.29, 1.82) is 0 Å². The normalized spacial score (nSPS) is 20.5. The lowest BCUT2D eigenvalue weighted by Crippen LogP contribution is -3.11. The van der Waals surface area contributed by atoms with Crippen LogP contribution in [0.2, 0.25) is 0 Å². The van der Waals surface area contributed by atoms with E-state index in [2.05, 4.69) is 72.2 Å². The molecular weight excluding hydrogens is 390 g/mol. The number of thiophene rings is 1. The van der Waals surface area contributed by atoms with Crippen LogP contribution in [0.15, 0.2) is 54.6 Å². The molecule has 3 N–H and O–H groups in total. The minimum absolute atomic E-state index is 0.0585. The Morgan fingerprint density at radius 3 is 2.43 bits per heavy atom. The summed E-state index contributed by atoms with van der Waals surface area (Å²) in [7, 11) is 0. The van der Waals surface area contributed by atoms with Gasteiger partial charge in [-0.05, 0) is 40.1 Å². The molecule has 150 valence electrons. The van der Waals surface area contributed by atoms with Crippen molar-refractivity contribution in [2.24, 2.45) is 0 Å². The third-order valence-electron chi connectivity index (χ3n) is 6.61. The average Bonchev–Trinajstić information content (AvgIpc) is 3.15. The molecule has 5 heteroatoms. The fraction of sp³-hybridized carbons (Fsp3) is 0.240. The maximum absolute atomic E-state index is 13.3. The molecule has 30 heavy (non-hydrogen) atoms. The SMILES string of the molecule is CC[NH+]1CCc2c(sc3c2C(=O)N[C@@H](c2c4ccccc4cc4ccccc24)N3)C1. The molecule has 3 heterocycles. The van der Waals surface area contributed by atoms with Crippen LogP contribution in [0.4, 0.5) is 5.00 Å². The molecule has 6 rings (SSSR count). The molecule has 1 aromatic heterocycles. The van der Waals surface area contributed by atoms with Gasteiger partial charge in [0.05, 0.1) is 23.5 Å². The van der Waals surface area contributed by atoms with Gasteiger partial charge in [-0.3, -0.25) is 4.79 Å². The number of hydrogen-bond donors (Lipinski definition) is 3. The van der Waals surface area contributed by atoms with Gasteiger partial charge in [-0.2, -0.15) is 0 Å². The van der Waals surface area contributed by atoms with Gasteiger partial charge in [-0.25, -0.2) is 0 Å². The zero-order valence-corrected chi connectivity index (χ0v) is 17.7. The van der Waals surface area contributed by atoms with Crippen molar-refractivity contribution in [1.82, 2.24) is 5.32 Å². The summed E-state index contributed by atoms with van der Waals surface area (Å²) in [5.41, 5.74) is 3.29. The Kier molecular flexibility index (Phi) is 4.08. The molecule has 0 bridgehead atoms. The molecular formula is C25H24N3OS+. The minimum Gasteiger partial charge on any atom is -0.353 e. The van der Waals surface area contributed by atoms with E-state index in [0.717, 1.165) is 42.2 Å². The van der Waals surface area contributed by atoms with Crippen LogP contribution in [-0.4, -0.2) is 19.0 Å². The van der Waals surface area contributed by atoms with Crippen molar-refractivity contribution in [2.45, 2.75) is 26.1 Å². The molecule has 4 aromatic rings. The number of carbonyl (C=O) groups excluding carboxylic acids is 1. The second kappa shape index (κ2) is 6.83. The van der Waals surface area contributed by atoms with Crippen molar-refractivity contribution >= 4 is 43.8 Å². The maximum Gasteiger partial charge on any atom is 0.256 e. The zero-order chi connectivity index (χ0) is 20.2. The van der Waals surface area contributed by atoms with Crippen LogP contribution in [0, 0.1) is 0 Å². The van der Waals surface area contributed by atoms with E-state index in [1.807, 2.05) is 0 Å². The van der Waals surface area contributed by atoms with E-state index in [0.29, 0.717) is 0 Å². The quantitative estimate of drug-likeness (QED) is 0.436. The van der Waals surface area contributed by atoms with Crippen molar-refractivity contribution in [3.63, 3.8) is 0 Å². The fourth-order valence-corrected chi connectivity index (χ4v) is 6.40. The molecule has 2 aliphatic rings. The van der Waals surface area contributed by atoms with Gasteiger partial charge in [-0.15, -0.1) is 11.3 Å². The predicted octanol–water partition coefficient (Wildman–Crippen LogP) is 3.87. The first-order valence-corrected chi connectivity index (χ1v) is 11.5. The number of carbonyl (C=O) groups is 1. The third-order valence-corrected chi connectivity index (χ3v) is 7.77. The molecule has 1 amide bonds. The Labute approximate surface area is 179 Å². The summed E-state index contributed by atoms with van der Waals surface area (Å²) in [5, 5.41) is 12.8. The summed E-state index contributed by atoms with van der Waals surface area (Å²) in [6, 6.07) is 19.1. The monoisotopic (exact) mass is 414 g/mol. The highest BCUT2D eigenvalue weighted by atomic mass is 32.1. The van der Waals surface area contributed by atoms with Crippen molar-refractivity contribution in [2.75, 3.05) is 18.4 Å². The van der Waals surface area contributed by atoms with Gasteiger partial charge >= 0.3 is 0 Å². The number of nitrogens with one attached hydrogen (secondary N) is 3. The molecule has 0 aliphatic carbocycles. The predicted molar refractivity (Wildman–Crippen MR) is 123 cm³/mol. The molecule has 2 aliphatic heterocycles. The number of likely N-dealkylation sites (N-methyl/N-ethyl adjacent to an activating group) is 1. The van der Waals surface area contributed by atoms with Crippen LogP contribution >= 0.6 is 11.3 Å². The minimum atomic E-state index is -0.240. The smallest absolute Gasteiger partial charge is 0.256 e. The summed E-state index contributed by atoms with van der Waals surface area (Å²) in [6.45, 7) is 5.50. The average molecular weight is 415 g/mol. The van der Waals surface area contributed by atoms with E-state index >= 15 is 0 Å². The second-order valence-electron chi connectivity index (χ2n) is 8.27. The van der Waals surface area contributed by atoms with Crippen molar-refractivity contribution < 1.29 is 9.69 Å². The third kappa shape index (κ3) is 2.66. The summed E-state index contributed by atoms with van der Waals surface area (Å²) < 4.78 is 0. The Morgan fingerprint density at radius 1 is 1.03 bits per heavy atom. The standard InChI is InChI=1S/C25H23N3OS/c1-2-28-12-11-19-20(14-28)30-25-22(19)24(29)26-23(27-25)21-17-9-5-3-7-15(17)13-16-8-4-6-10-18(16)21/h3-10,13,23,27H,2,11-12,14H2,1H3,(H,26,29)/p+1/t23-/m1/s1. The first-order valence-electron chi connectivity index (χ1n) is 10.7. The fourth-order valence-electron chi connectivity index (χ4n) is 5.05. The van der Waals surface area contributed by atoms with E-state index in [9.17, 15) is 4.79 Å². The highest BCUT2D eigenvalue weighted by Gasteiger charge is 2.35. The number of benzene rings is 3. The largest absolute Gasteiger partial charge is 0.353 e. The molecule has 0 saturated heterocycles. The molecule has 2 atom stereocenters. The van der Waals surface area contributed by atoms with E-state index < -0.39 is 0 Å². The lowest BCUT2D eigenvalue weighted by molar-refractivity contribution is -0.913. The van der Waals surface area contributed by atoms with Gasteiger partial charge in [0.2, 0.25) is 0 Å². The van der Waals surface area contributed by atoms with Gasteiger partial charge in [-0.1, -0.05) is 48.5 Å². The molecule has 0 radical (unpaired) electrons. The highest BCUT2D eigenvalue weighted by molar-refractivity contribution is 7.16. The Hall–Kier alpha value is -2.89. The van der Waals surface area contributed by atoms with Gasteiger partial charge in [0.15, 0.2) is 0 Å². The highest BCUT2D eigenvalue weighted by Crippen LogP contribution is 2.41. The topological polar surface area (TPSA) is 45.6 Å². The van der Waals surface area contributed by atoms with Crippen molar-refractivity contribution in [3.05, 3.63) is 76.2 Å². The van der Waals surface area contributed by atoms with Gasteiger partial charge in [0.1, 0.15) is 17.7 Å². The van der Waals surface area contributed by atoms with Crippen LogP contribution in [0.1, 0.15) is 39.5 Å². The molecule has 4 nitrogen and oxygen atoms in total. The van der Waals surface area contributed by atoms with Crippen LogP contribution in [-0.2, 0) is 13.0 Å². The van der Waals surface area contributed by atoms with Crippen molar-refractivity contribution in [3.8, 4) is 0 Å². The maximum atomic E-state index is 13.3. The molecule has 0 saturated carbocycles. The van der Waals surface area contributed by atoms with Crippen LogP contribution < -0.4 is 15.5 Å². The summed E-state index contributed by atoms with van der Waals surface area (Å²) >= 11 is 1.78. The first-order chi connectivity index (χ1) is 14.7. The number of quaternary nitrogens is 1. The Bertz CT molecular complexity index is 1250. The van der Waals surface area contributed by atoms with Gasteiger partial charge in [0.25, 0.3) is 5.91 Å². The molecule has 3 aromatic carbocycles. The second-order valence-corrected chi connectivity index (χ2v) is 9.38. The van der Waals surface area contributed by atoms with Crippen LogP contribution in [0.25, 0.3) is 21.5 Å². The molecule has 0 fully saturated rings. The van der Waals surface area contributed by atoms with E-state index in [4.69, 9.17) is 0 Å². The van der Waals surface area contributed by atoms with Crippen LogP contribution in [0.3, 0.4) is 0 Å². The number of fused-ring (bicyclic) bond motifs is 5. The lowest BCUT2D eigenvalue weighted by Gasteiger charge is -2.29. The number of anilines is 1. The summed E-state index contributed by atoms with van der Waals surface area (Å²) in [5.74, 6) is 0.0585. The summed E-state index contributed by atoms with van der Waals surface area (Å²) in [4.78, 5) is 16.2. The van der Waals surface area contributed by atoms with Gasteiger partial charge < -0.3 is 15.5 Å². The van der Waals surface area contributed by atoms with E-state index in [-0.39, 0.29) is 12.1 Å². The zero-order valence-electron chi connectivity index (χ0n) is 16.9. The Morgan fingerprint density at radius 2 is 1.73 bits per heavy atom. The number of amides is 1. The van der Waals surface area contributed by atoms with E-state index in [1.165, 1.54) is 32.0 Å². The summed E-state index contributed by atoms with van der Waals surface area (Å²) in [6.07, 6.45) is 0.747. The number of hydrogen-bond acceptors (Lipinski definition) is 3.